The second kappa shape index (κ2) is 3.28. The van der Waals surface area contributed by atoms with Crippen LogP contribution in [-0.2, 0) is 0 Å². The van der Waals surface area contributed by atoms with Crippen molar-refractivity contribution in [2.75, 3.05) is 4.72 Å². The average Bonchev–Trinajstić information content (AvgIpc) is 2.86. The average molecular weight is 237 g/mol. The fraction of sp³-hybridized carbons (Fsp3) is 0. The zero-order valence-corrected chi connectivity index (χ0v) is 9.15. The maximum atomic E-state index is 5.73. The first kappa shape index (κ1) is 8.81. The first-order chi connectivity index (χ1) is 7.34. The van der Waals surface area contributed by atoms with Gasteiger partial charge >= 0.3 is 0 Å². The largest absolute Gasteiger partial charge is 0.381 e. The van der Waals surface area contributed by atoms with Gasteiger partial charge in [-0.3, -0.25) is 4.72 Å². The molecule has 15 heavy (non-hydrogen) atoms. The Morgan fingerprint density at radius 2 is 2.33 bits per heavy atom. The Bertz CT molecular complexity index is 513. The zero-order chi connectivity index (χ0) is 10.3. The lowest BCUT2D eigenvalue weighted by Gasteiger charge is -2.06. The highest BCUT2D eigenvalue weighted by molar-refractivity contribution is 7.99. The molecule has 0 radical (unpaired) electrons. The van der Waals surface area contributed by atoms with Gasteiger partial charge in [0.15, 0.2) is 11.7 Å². The Hall–Kier alpha value is -1.47. The number of fused-ring (bicyclic) bond motifs is 1. The number of hydrogen-bond acceptors (Lipinski definition) is 6. The van der Waals surface area contributed by atoms with Gasteiger partial charge in [0.2, 0.25) is 0 Å². The number of amidine groups is 1. The van der Waals surface area contributed by atoms with E-state index >= 15 is 0 Å². The lowest BCUT2D eigenvalue weighted by Crippen LogP contribution is -2.17. The minimum atomic E-state index is 0.475. The molecule has 0 atom stereocenters. The summed E-state index contributed by atoms with van der Waals surface area (Å²) in [6.45, 7) is 0. The highest BCUT2D eigenvalue weighted by atomic mass is 32.2. The molecule has 3 heterocycles. The van der Waals surface area contributed by atoms with Crippen LogP contribution in [0.25, 0.3) is 11.4 Å². The van der Waals surface area contributed by atoms with Gasteiger partial charge in [0, 0.05) is 10.9 Å². The van der Waals surface area contributed by atoms with E-state index < -0.39 is 0 Å². The van der Waals surface area contributed by atoms with Crippen molar-refractivity contribution in [2.45, 2.75) is 0 Å². The van der Waals surface area contributed by atoms with Crippen LogP contribution in [0, 0.1) is 0 Å². The molecule has 0 saturated carbocycles. The smallest absolute Gasteiger partial charge is 0.167 e. The predicted octanol–water partition coefficient (Wildman–Crippen LogP) is 1.83. The van der Waals surface area contributed by atoms with Gasteiger partial charge in [0.25, 0.3) is 0 Å². The van der Waals surface area contributed by atoms with E-state index in [1.807, 2.05) is 16.8 Å². The molecule has 0 bridgehead atoms. The molecule has 3 rings (SSSR count). The van der Waals surface area contributed by atoms with E-state index in [2.05, 4.69) is 19.1 Å². The number of aromatic nitrogens is 2. The van der Waals surface area contributed by atoms with Crippen LogP contribution in [0.5, 0.6) is 0 Å². The second-order valence-electron chi connectivity index (χ2n) is 2.99. The Balaban J connectivity index is 2.11. The molecule has 0 amide bonds. The van der Waals surface area contributed by atoms with Crippen LogP contribution in [0.1, 0.15) is 5.69 Å². The summed E-state index contributed by atoms with van der Waals surface area (Å²) in [5, 5.41) is 4.04. The summed E-state index contributed by atoms with van der Waals surface area (Å²) >= 11 is 2.82. The lowest BCUT2D eigenvalue weighted by molar-refractivity contribution is 1.31. The van der Waals surface area contributed by atoms with Crippen LogP contribution < -0.4 is 10.5 Å². The predicted molar refractivity (Wildman–Crippen MR) is 63.8 cm³/mol. The normalized spacial score (nSPS) is 14.3. The molecule has 76 valence electrons. The molecule has 0 fully saturated rings. The van der Waals surface area contributed by atoms with E-state index in [-0.39, 0.29) is 0 Å². The van der Waals surface area contributed by atoms with E-state index in [1.165, 1.54) is 12.1 Å². The van der Waals surface area contributed by atoms with Gasteiger partial charge in [0.05, 0.1) is 12.1 Å². The molecule has 4 N–H and O–H groups in total. The number of nitrogens with two attached hydrogens (primary N) is 1. The standard InChI is InChI=1S/C8H7N5S2/c9-6-5-8(13-15-12-6)11-7(10-5)4-1-2-14-3-4/h1-3,13H,(H2,9,12)(H,10,11). The Kier molecular flexibility index (Phi) is 1.93. The van der Waals surface area contributed by atoms with Crippen LogP contribution in [0.3, 0.4) is 0 Å². The molecule has 2 aromatic heterocycles. The summed E-state index contributed by atoms with van der Waals surface area (Å²) in [4.78, 5) is 7.55. The van der Waals surface area contributed by atoms with Gasteiger partial charge in [0.1, 0.15) is 11.5 Å². The molecule has 7 heteroatoms. The molecule has 0 spiro atoms. The molecule has 5 nitrogen and oxygen atoms in total. The Morgan fingerprint density at radius 3 is 3.07 bits per heavy atom. The number of H-pyrrole nitrogens is 1. The SMILES string of the molecule is NC1=NSNc2nc(-c3ccsc3)[nH]c21. The van der Waals surface area contributed by atoms with Gasteiger partial charge in [-0.05, 0) is 11.4 Å². The van der Waals surface area contributed by atoms with Crippen LogP contribution in [0.15, 0.2) is 21.2 Å². The summed E-state index contributed by atoms with van der Waals surface area (Å²) in [6.07, 6.45) is 0. The van der Waals surface area contributed by atoms with Crippen molar-refractivity contribution in [3.05, 3.63) is 22.5 Å². The molecule has 1 aliphatic rings. The number of nitrogens with zero attached hydrogens (tertiary/aromatic N) is 2. The third kappa shape index (κ3) is 1.40. The number of thiophene rings is 1. The van der Waals surface area contributed by atoms with Crippen molar-refractivity contribution in [3.63, 3.8) is 0 Å². The summed E-state index contributed by atoms with van der Waals surface area (Å²) in [5.41, 5.74) is 7.56. The molecule has 0 aliphatic carbocycles. The molecule has 0 aromatic carbocycles. The van der Waals surface area contributed by atoms with E-state index in [0.29, 0.717) is 5.84 Å². The highest BCUT2D eigenvalue weighted by Crippen LogP contribution is 2.27. The molecule has 0 unspecified atom stereocenters. The molecular formula is C8H7N5S2. The van der Waals surface area contributed by atoms with E-state index in [0.717, 1.165) is 22.9 Å². The minimum absolute atomic E-state index is 0.475. The maximum absolute atomic E-state index is 5.73. The van der Waals surface area contributed by atoms with Crippen molar-refractivity contribution in [1.82, 2.24) is 9.97 Å². The highest BCUT2D eigenvalue weighted by Gasteiger charge is 2.17. The van der Waals surface area contributed by atoms with Gasteiger partial charge in [-0.25, -0.2) is 4.98 Å². The molecular weight excluding hydrogens is 230 g/mol. The van der Waals surface area contributed by atoms with Crippen molar-refractivity contribution in [1.29, 1.82) is 0 Å². The van der Waals surface area contributed by atoms with Gasteiger partial charge in [-0.15, -0.1) is 0 Å². The number of nitrogens with one attached hydrogen (secondary N) is 2. The first-order valence-corrected chi connectivity index (χ1v) is 5.94. The van der Waals surface area contributed by atoms with Gasteiger partial charge < -0.3 is 10.7 Å². The first-order valence-electron chi connectivity index (χ1n) is 4.23. The second-order valence-corrected chi connectivity index (χ2v) is 4.34. The monoisotopic (exact) mass is 237 g/mol. The molecule has 0 saturated heterocycles. The number of aromatic amines is 1. The summed E-state index contributed by atoms with van der Waals surface area (Å²) in [5.74, 6) is 2.03. The molecule has 1 aliphatic heterocycles. The van der Waals surface area contributed by atoms with E-state index in [1.54, 1.807) is 11.3 Å². The molecule has 2 aromatic rings. The van der Waals surface area contributed by atoms with Crippen molar-refractivity contribution < 1.29 is 0 Å². The lowest BCUT2D eigenvalue weighted by atomic mass is 10.3. The summed E-state index contributed by atoms with van der Waals surface area (Å²) in [6, 6.07) is 2.01. The van der Waals surface area contributed by atoms with E-state index in [4.69, 9.17) is 5.73 Å². The number of hydrogen-bond donors (Lipinski definition) is 3. The topological polar surface area (TPSA) is 79.1 Å². The van der Waals surface area contributed by atoms with Crippen molar-refractivity contribution in [2.24, 2.45) is 10.1 Å². The maximum Gasteiger partial charge on any atom is 0.167 e. The quantitative estimate of drug-likeness (QED) is 0.661. The van der Waals surface area contributed by atoms with Crippen LogP contribution in [0.2, 0.25) is 0 Å². The van der Waals surface area contributed by atoms with Crippen molar-refractivity contribution >= 4 is 35.1 Å². The van der Waals surface area contributed by atoms with Crippen molar-refractivity contribution in [3.8, 4) is 11.4 Å². The zero-order valence-electron chi connectivity index (χ0n) is 7.52. The Labute approximate surface area is 94.1 Å². The fourth-order valence-electron chi connectivity index (χ4n) is 1.33. The summed E-state index contributed by atoms with van der Waals surface area (Å²) in [7, 11) is 0. The number of anilines is 1. The van der Waals surface area contributed by atoms with Crippen LogP contribution in [0.4, 0.5) is 5.82 Å². The Morgan fingerprint density at radius 1 is 1.40 bits per heavy atom. The number of imidazole rings is 1. The van der Waals surface area contributed by atoms with E-state index in [9.17, 15) is 0 Å². The van der Waals surface area contributed by atoms with Crippen LogP contribution >= 0.6 is 23.5 Å². The summed E-state index contributed by atoms with van der Waals surface area (Å²) < 4.78 is 6.98. The third-order valence-electron chi connectivity index (χ3n) is 2.04. The van der Waals surface area contributed by atoms with Crippen LogP contribution in [-0.4, -0.2) is 15.8 Å². The minimum Gasteiger partial charge on any atom is -0.381 e. The third-order valence-corrected chi connectivity index (χ3v) is 3.30. The van der Waals surface area contributed by atoms with Gasteiger partial charge in [-0.2, -0.15) is 15.7 Å². The number of rotatable bonds is 1. The fourth-order valence-corrected chi connectivity index (χ4v) is 2.44. The van der Waals surface area contributed by atoms with Gasteiger partial charge in [-0.1, -0.05) is 0 Å².